The molecule has 1 saturated carbocycles. The fourth-order valence-electron chi connectivity index (χ4n) is 6.61. The Balaban J connectivity index is 1.48. The Bertz CT molecular complexity index is 1020. The maximum absolute atomic E-state index is 12.9. The number of likely N-dealkylation sites (tertiary alicyclic amines) is 1. The van der Waals surface area contributed by atoms with E-state index < -0.39 is 5.41 Å². The van der Waals surface area contributed by atoms with E-state index in [1.165, 1.54) is 6.42 Å². The van der Waals surface area contributed by atoms with Crippen molar-refractivity contribution in [2.45, 2.75) is 89.2 Å². The molecule has 2 aliphatic heterocycles. The molecule has 4 atom stereocenters. The van der Waals surface area contributed by atoms with Crippen molar-refractivity contribution >= 4 is 11.5 Å². The number of aliphatic hydroxyl groups is 1. The zero-order valence-electron chi connectivity index (χ0n) is 21.1. The zero-order chi connectivity index (χ0) is 24.6. The third-order valence-corrected chi connectivity index (χ3v) is 8.71. The normalized spacial score (nSPS) is 30.7. The Morgan fingerprint density at radius 2 is 2.06 bits per heavy atom. The quantitative estimate of drug-likeness (QED) is 0.528. The molecule has 1 aromatic rings. The van der Waals surface area contributed by atoms with Gasteiger partial charge in [0.25, 0.3) is 0 Å². The molecule has 2 saturated heterocycles. The number of carbonyl (C=O) groups is 1. The van der Waals surface area contributed by atoms with Crippen LogP contribution in [0.1, 0.15) is 88.6 Å². The number of ketones is 1. The van der Waals surface area contributed by atoms with E-state index in [1.54, 1.807) is 0 Å². The van der Waals surface area contributed by atoms with Crippen LogP contribution in [0.4, 0.5) is 0 Å². The first-order valence-electron chi connectivity index (χ1n) is 13.4. The smallest absolute Gasteiger partial charge is 0.217 e. The Hall–Kier alpha value is -2.32. The molecule has 0 amide bonds. The first-order valence-corrected chi connectivity index (χ1v) is 13.4. The Morgan fingerprint density at radius 3 is 2.77 bits per heavy atom. The van der Waals surface area contributed by atoms with Crippen LogP contribution in [0.15, 0.2) is 17.4 Å². The molecule has 8 heteroatoms. The van der Waals surface area contributed by atoms with E-state index in [-0.39, 0.29) is 29.3 Å². The highest BCUT2D eigenvalue weighted by molar-refractivity contribution is 6.09. The van der Waals surface area contributed by atoms with Crippen molar-refractivity contribution in [1.29, 1.82) is 5.41 Å². The molecule has 0 bridgehead atoms. The van der Waals surface area contributed by atoms with Gasteiger partial charge in [0.15, 0.2) is 5.82 Å². The van der Waals surface area contributed by atoms with Crippen molar-refractivity contribution < 1.29 is 14.6 Å². The summed E-state index contributed by atoms with van der Waals surface area (Å²) in [6.45, 7) is 4.95. The Kier molecular flexibility index (Phi) is 6.95. The number of hydrogen-bond acceptors (Lipinski definition) is 8. The van der Waals surface area contributed by atoms with Gasteiger partial charge in [0.1, 0.15) is 23.4 Å². The summed E-state index contributed by atoms with van der Waals surface area (Å²) < 4.78 is 6.36. The third-order valence-electron chi connectivity index (χ3n) is 8.71. The van der Waals surface area contributed by atoms with E-state index in [0.29, 0.717) is 49.0 Å². The number of allylic oxidation sites excluding steroid dienone is 2. The number of ether oxygens (including phenoxy) is 1. The number of hydrogen-bond donors (Lipinski definition) is 3. The van der Waals surface area contributed by atoms with Gasteiger partial charge in [-0.15, -0.1) is 0 Å². The predicted octanol–water partition coefficient (Wildman–Crippen LogP) is 3.91. The molecular weight excluding hydrogens is 442 g/mol. The summed E-state index contributed by atoms with van der Waals surface area (Å²) in [6, 6.07) is 2.27. The van der Waals surface area contributed by atoms with Gasteiger partial charge in [0.2, 0.25) is 5.88 Å². The molecule has 2 aliphatic carbocycles. The minimum atomic E-state index is -0.813. The van der Waals surface area contributed by atoms with Crippen LogP contribution in [0.2, 0.25) is 0 Å². The summed E-state index contributed by atoms with van der Waals surface area (Å²) in [5.74, 6) is 1.25. The number of aliphatic hydroxyl groups excluding tert-OH is 1. The summed E-state index contributed by atoms with van der Waals surface area (Å²) in [7, 11) is 2.13. The van der Waals surface area contributed by atoms with Crippen molar-refractivity contribution in [3.8, 4) is 5.88 Å². The van der Waals surface area contributed by atoms with E-state index in [1.807, 2.05) is 6.07 Å². The highest BCUT2D eigenvalue weighted by Crippen LogP contribution is 2.48. The molecule has 0 aromatic carbocycles. The molecule has 35 heavy (non-hydrogen) atoms. The van der Waals surface area contributed by atoms with Gasteiger partial charge in [0, 0.05) is 36.6 Å². The summed E-state index contributed by atoms with van der Waals surface area (Å²) in [5.41, 5.74) is 0.725. The maximum atomic E-state index is 12.9. The molecule has 5 rings (SSSR count). The van der Waals surface area contributed by atoms with Gasteiger partial charge >= 0.3 is 0 Å². The van der Waals surface area contributed by atoms with E-state index in [9.17, 15) is 9.90 Å². The largest absolute Gasteiger partial charge is 0.511 e. The number of likely N-dealkylation sites (N-methyl/N-ethyl adjacent to an activating group) is 1. The van der Waals surface area contributed by atoms with Crippen LogP contribution in [0.3, 0.4) is 0 Å². The highest BCUT2D eigenvalue weighted by atomic mass is 16.5. The van der Waals surface area contributed by atoms with Crippen LogP contribution < -0.4 is 10.1 Å². The number of rotatable bonds is 6. The van der Waals surface area contributed by atoms with Gasteiger partial charge in [-0.3, -0.25) is 15.1 Å². The molecule has 3 N–H and O–H groups in total. The first kappa shape index (κ1) is 24.4. The summed E-state index contributed by atoms with van der Waals surface area (Å²) in [4.78, 5) is 24.7. The predicted molar refractivity (Wildman–Crippen MR) is 134 cm³/mol. The Labute approximate surface area is 208 Å². The second kappa shape index (κ2) is 9.97. The van der Waals surface area contributed by atoms with E-state index in [0.717, 1.165) is 57.4 Å². The van der Waals surface area contributed by atoms with Crippen molar-refractivity contribution in [3.05, 3.63) is 28.9 Å². The fraction of sp³-hybridized carbons (Fsp3) is 0.704. The standard InChI is InChI=1S/C27H39N5O3/c1-17(21-8-6-14-32(21)2)35-23-15-20(18-10-13-29-16-18)30-26(31-23)24(28)19-7-5-12-27(25(19)34)11-4-3-9-22(27)33/h15,17-18,21,28-29,34H,3-14,16H2,1-2H3/t17-,18?,21-,27+/m0/s1. The van der Waals surface area contributed by atoms with Gasteiger partial charge in [0.05, 0.1) is 11.1 Å². The number of nitrogens with zero attached hydrogens (tertiary/aromatic N) is 3. The molecule has 3 fully saturated rings. The van der Waals surface area contributed by atoms with Crippen LogP contribution in [0.25, 0.3) is 0 Å². The van der Waals surface area contributed by atoms with Crippen LogP contribution in [-0.4, -0.2) is 70.3 Å². The van der Waals surface area contributed by atoms with Gasteiger partial charge < -0.3 is 15.2 Å². The van der Waals surface area contributed by atoms with Crippen LogP contribution in [0.5, 0.6) is 5.88 Å². The lowest BCUT2D eigenvalue weighted by atomic mass is 9.64. The average Bonchev–Trinajstić information content (AvgIpc) is 3.54. The van der Waals surface area contributed by atoms with Crippen LogP contribution >= 0.6 is 0 Å². The lowest BCUT2D eigenvalue weighted by Gasteiger charge is -2.39. The number of nitrogens with one attached hydrogen (secondary N) is 2. The number of carbonyl (C=O) groups excluding carboxylic acids is 1. The molecule has 1 unspecified atom stereocenters. The lowest BCUT2D eigenvalue weighted by molar-refractivity contribution is -0.131. The van der Waals surface area contributed by atoms with Gasteiger partial charge in [-0.05, 0) is 78.4 Å². The second-order valence-electron chi connectivity index (χ2n) is 10.9. The van der Waals surface area contributed by atoms with Gasteiger partial charge in [-0.2, -0.15) is 4.98 Å². The maximum Gasteiger partial charge on any atom is 0.217 e. The SMILES string of the molecule is C[C@H](Oc1cc(C2CCNC2)nc(C(=N)C2=C(O)[C@]3(CCCCC3=O)CCC2)n1)[C@@H]1CCCN1C. The minimum absolute atomic E-state index is 0.0283. The average molecular weight is 482 g/mol. The molecule has 1 aromatic heterocycles. The highest BCUT2D eigenvalue weighted by Gasteiger charge is 2.47. The molecule has 0 radical (unpaired) electrons. The summed E-state index contributed by atoms with van der Waals surface area (Å²) in [5, 5.41) is 23.8. The third kappa shape index (κ3) is 4.62. The summed E-state index contributed by atoms with van der Waals surface area (Å²) in [6.07, 6.45) is 8.24. The fourth-order valence-corrected chi connectivity index (χ4v) is 6.61. The lowest BCUT2D eigenvalue weighted by Crippen LogP contribution is -2.39. The number of aromatic nitrogens is 2. The van der Waals surface area contributed by atoms with Crippen LogP contribution in [-0.2, 0) is 4.79 Å². The van der Waals surface area contributed by atoms with E-state index in [4.69, 9.17) is 15.1 Å². The Morgan fingerprint density at radius 1 is 1.23 bits per heavy atom. The zero-order valence-corrected chi connectivity index (χ0v) is 21.1. The number of Topliss-reactive ketones (excluding diaryl/α,β-unsaturated/α-hetero) is 1. The molecule has 8 nitrogen and oxygen atoms in total. The van der Waals surface area contributed by atoms with Crippen molar-refractivity contribution in [3.63, 3.8) is 0 Å². The minimum Gasteiger partial charge on any atom is -0.511 e. The second-order valence-corrected chi connectivity index (χ2v) is 10.9. The monoisotopic (exact) mass is 481 g/mol. The van der Waals surface area contributed by atoms with Gasteiger partial charge in [-0.1, -0.05) is 6.42 Å². The van der Waals surface area contributed by atoms with Gasteiger partial charge in [-0.25, -0.2) is 4.98 Å². The van der Waals surface area contributed by atoms with E-state index >= 15 is 0 Å². The topological polar surface area (TPSA) is 111 Å². The molecule has 1 spiro atoms. The van der Waals surface area contributed by atoms with Crippen molar-refractivity contribution in [1.82, 2.24) is 20.2 Å². The first-order chi connectivity index (χ1) is 16.9. The molecular formula is C27H39N5O3. The molecule has 3 heterocycles. The molecule has 4 aliphatic rings. The molecule has 190 valence electrons. The summed E-state index contributed by atoms with van der Waals surface area (Å²) >= 11 is 0. The van der Waals surface area contributed by atoms with Crippen LogP contribution in [0, 0.1) is 10.8 Å². The van der Waals surface area contributed by atoms with Crippen molar-refractivity contribution in [2.24, 2.45) is 5.41 Å². The van der Waals surface area contributed by atoms with Crippen molar-refractivity contribution in [2.75, 3.05) is 26.7 Å². The van der Waals surface area contributed by atoms with E-state index in [2.05, 4.69) is 29.2 Å².